The molecule has 1 atom stereocenters. The summed E-state index contributed by atoms with van der Waals surface area (Å²) >= 11 is 1.63. The number of aromatic nitrogens is 2. The van der Waals surface area contributed by atoms with Crippen molar-refractivity contribution < 1.29 is 14.3 Å². The number of nitrogens with zero attached hydrogens (tertiary/aromatic N) is 2. The summed E-state index contributed by atoms with van der Waals surface area (Å²) in [6.45, 7) is 0.265. The molecule has 1 fully saturated rings. The van der Waals surface area contributed by atoms with Crippen molar-refractivity contribution >= 4 is 23.5 Å². The minimum absolute atomic E-state index is 0.0389. The fourth-order valence-corrected chi connectivity index (χ4v) is 5.15. The summed E-state index contributed by atoms with van der Waals surface area (Å²) in [5.74, 6) is 2.89. The van der Waals surface area contributed by atoms with Crippen molar-refractivity contribution in [3.63, 3.8) is 0 Å². The predicted molar refractivity (Wildman–Crippen MR) is 99.8 cm³/mol. The molecule has 0 spiro atoms. The van der Waals surface area contributed by atoms with Crippen LogP contribution in [-0.4, -0.2) is 28.2 Å². The van der Waals surface area contributed by atoms with Crippen molar-refractivity contribution in [1.82, 2.24) is 9.78 Å². The number of ether oxygens (including phenoxy) is 2. The standard InChI is InChI=1S/C19H21N3O3S/c23-17-10-26-18(12-6-7-15-16(8-12)25-11-24-15)14-9-20-22(19(14)21-17)13-4-2-1-3-5-13/h6-9,13,18H,1-5,10-11H2,(H,21,23)/t18-/m1/s1. The van der Waals surface area contributed by atoms with E-state index in [9.17, 15) is 4.79 Å². The molecule has 2 aliphatic heterocycles. The molecule has 2 aromatic rings. The predicted octanol–water partition coefficient (Wildman–Crippen LogP) is 3.89. The Kier molecular flexibility index (Phi) is 4.04. The van der Waals surface area contributed by atoms with E-state index in [0.29, 0.717) is 11.8 Å². The molecule has 1 aromatic carbocycles. The third kappa shape index (κ3) is 2.74. The molecule has 3 aliphatic rings. The van der Waals surface area contributed by atoms with Crippen LogP contribution < -0.4 is 14.8 Å². The van der Waals surface area contributed by atoms with Gasteiger partial charge in [0.1, 0.15) is 5.82 Å². The van der Waals surface area contributed by atoms with Crippen molar-refractivity contribution in [2.45, 2.75) is 43.4 Å². The SMILES string of the molecule is O=C1CS[C@H](c2ccc3c(c2)OCO3)c2cnn(C3CCCCC3)c2N1. The number of thioether (sulfide) groups is 1. The Bertz CT molecular complexity index is 845. The molecule has 6 nitrogen and oxygen atoms in total. The van der Waals surface area contributed by atoms with Crippen LogP contribution in [0, 0.1) is 0 Å². The summed E-state index contributed by atoms with van der Waals surface area (Å²) < 4.78 is 13.0. The van der Waals surface area contributed by atoms with E-state index in [1.807, 2.05) is 18.3 Å². The number of hydrogen-bond acceptors (Lipinski definition) is 5. The summed E-state index contributed by atoms with van der Waals surface area (Å²) in [6.07, 6.45) is 7.94. The summed E-state index contributed by atoms with van der Waals surface area (Å²) in [7, 11) is 0. The van der Waals surface area contributed by atoms with Crippen LogP contribution in [-0.2, 0) is 4.79 Å². The van der Waals surface area contributed by atoms with Gasteiger partial charge < -0.3 is 14.8 Å². The van der Waals surface area contributed by atoms with E-state index in [1.165, 1.54) is 19.3 Å². The summed E-state index contributed by atoms with van der Waals surface area (Å²) in [6, 6.07) is 6.41. The van der Waals surface area contributed by atoms with Gasteiger partial charge in [0, 0.05) is 5.56 Å². The topological polar surface area (TPSA) is 65.4 Å². The maximum Gasteiger partial charge on any atom is 0.235 e. The van der Waals surface area contributed by atoms with E-state index in [2.05, 4.69) is 21.2 Å². The van der Waals surface area contributed by atoms with Gasteiger partial charge in [0.2, 0.25) is 12.7 Å². The number of benzene rings is 1. The number of anilines is 1. The lowest BCUT2D eigenvalue weighted by Crippen LogP contribution is -2.20. The molecule has 0 radical (unpaired) electrons. The summed E-state index contributed by atoms with van der Waals surface area (Å²) in [5.41, 5.74) is 2.19. The fourth-order valence-electron chi connectivity index (χ4n) is 4.07. The van der Waals surface area contributed by atoms with Crippen molar-refractivity contribution in [3.8, 4) is 11.5 Å². The van der Waals surface area contributed by atoms with E-state index in [1.54, 1.807) is 11.8 Å². The number of carbonyl (C=O) groups is 1. The molecule has 136 valence electrons. The molecule has 1 saturated carbocycles. The quantitative estimate of drug-likeness (QED) is 0.867. The highest BCUT2D eigenvalue weighted by Gasteiger charge is 2.31. The molecule has 1 N–H and O–H groups in total. The Morgan fingerprint density at radius 2 is 2.00 bits per heavy atom. The average molecular weight is 371 g/mol. The molecule has 3 heterocycles. The largest absolute Gasteiger partial charge is 0.454 e. The monoisotopic (exact) mass is 371 g/mol. The lowest BCUT2D eigenvalue weighted by atomic mass is 9.95. The fraction of sp³-hybridized carbons (Fsp3) is 0.474. The van der Waals surface area contributed by atoms with Gasteiger partial charge in [-0.3, -0.25) is 4.79 Å². The first-order valence-electron chi connectivity index (χ1n) is 9.18. The minimum atomic E-state index is 0.0389. The second kappa shape index (κ2) is 6.54. The maximum absolute atomic E-state index is 12.3. The van der Waals surface area contributed by atoms with E-state index in [-0.39, 0.29) is 18.0 Å². The van der Waals surface area contributed by atoms with Gasteiger partial charge in [0.25, 0.3) is 0 Å². The van der Waals surface area contributed by atoms with Gasteiger partial charge in [0.05, 0.1) is 23.2 Å². The first-order chi connectivity index (χ1) is 12.8. The van der Waals surface area contributed by atoms with Gasteiger partial charge in [-0.1, -0.05) is 25.3 Å². The Balaban J connectivity index is 1.54. The van der Waals surface area contributed by atoms with Gasteiger partial charge in [-0.25, -0.2) is 4.68 Å². The Morgan fingerprint density at radius 3 is 2.88 bits per heavy atom. The molecule has 0 bridgehead atoms. The molecule has 0 unspecified atom stereocenters. The molecule has 1 aliphatic carbocycles. The Hall–Kier alpha value is -2.15. The van der Waals surface area contributed by atoms with Crippen LogP contribution in [0.2, 0.25) is 0 Å². The molecular weight excluding hydrogens is 350 g/mol. The highest BCUT2D eigenvalue weighted by molar-refractivity contribution is 8.00. The van der Waals surface area contributed by atoms with E-state index in [0.717, 1.165) is 41.3 Å². The first kappa shape index (κ1) is 16.1. The molecule has 0 saturated heterocycles. The van der Waals surface area contributed by atoms with Crippen molar-refractivity contribution in [2.75, 3.05) is 17.9 Å². The second-order valence-corrected chi connectivity index (χ2v) is 8.13. The lowest BCUT2D eigenvalue weighted by Gasteiger charge is -2.24. The third-order valence-electron chi connectivity index (χ3n) is 5.37. The highest BCUT2D eigenvalue weighted by Crippen LogP contribution is 2.45. The third-order valence-corrected chi connectivity index (χ3v) is 6.65. The van der Waals surface area contributed by atoms with Crippen molar-refractivity contribution in [1.29, 1.82) is 0 Å². The van der Waals surface area contributed by atoms with Crippen LogP contribution in [0.5, 0.6) is 11.5 Å². The van der Waals surface area contributed by atoms with E-state index >= 15 is 0 Å². The van der Waals surface area contributed by atoms with Crippen molar-refractivity contribution in [2.24, 2.45) is 0 Å². The van der Waals surface area contributed by atoms with Crippen LogP contribution >= 0.6 is 11.8 Å². The number of rotatable bonds is 2. The van der Waals surface area contributed by atoms with Crippen LogP contribution in [0.1, 0.15) is 54.5 Å². The molecule has 5 rings (SSSR count). The normalized spacial score (nSPS) is 22.6. The Labute approximate surface area is 156 Å². The molecule has 26 heavy (non-hydrogen) atoms. The second-order valence-electron chi connectivity index (χ2n) is 7.04. The summed E-state index contributed by atoms with van der Waals surface area (Å²) in [4.78, 5) is 12.3. The minimum Gasteiger partial charge on any atom is -0.454 e. The molecular formula is C19H21N3O3S. The molecule has 1 aromatic heterocycles. The Morgan fingerprint density at radius 1 is 1.15 bits per heavy atom. The highest BCUT2D eigenvalue weighted by atomic mass is 32.2. The number of fused-ring (bicyclic) bond motifs is 2. The zero-order chi connectivity index (χ0) is 17.5. The number of nitrogens with one attached hydrogen (secondary N) is 1. The van der Waals surface area contributed by atoms with Gasteiger partial charge in [-0.2, -0.15) is 5.10 Å². The van der Waals surface area contributed by atoms with E-state index in [4.69, 9.17) is 9.47 Å². The average Bonchev–Trinajstić information content (AvgIpc) is 3.26. The molecule has 1 amide bonds. The van der Waals surface area contributed by atoms with Gasteiger partial charge >= 0.3 is 0 Å². The van der Waals surface area contributed by atoms with Crippen LogP contribution in [0.15, 0.2) is 24.4 Å². The zero-order valence-corrected chi connectivity index (χ0v) is 15.3. The zero-order valence-electron chi connectivity index (χ0n) is 14.4. The number of carbonyl (C=O) groups excluding carboxylic acids is 1. The van der Waals surface area contributed by atoms with Gasteiger partial charge in [0.15, 0.2) is 11.5 Å². The van der Waals surface area contributed by atoms with Crippen LogP contribution in [0.25, 0.3) is 0 Å². The smallest absolute Gasteiger partial charge is 0.235 e. The first-order valence-corrected chi connectivity index (χ1v) is 10.2. The van der Waals surface area contributed by atoms with E-state index < -0.39 is 0 Å². The van der Waals surface area contributed by atoms with Crippen LogP contribution in [0.4, 0.5) is 5.82 Å². The number of hydrogen-bond donors (Lipinski definition) is 1. The van der Waals surface area contributed by atoms with Gasteiger partial charge in [-0.15, -0.1) is 11.8 Å². The summed E-state index contributed by atoms with van der Waals surface area (Å²) in [5, 5.41) is 7.84. The number of amides is 1. The van der Waals surface area contributed by atoms with Gasteiger partial charge in [-0.05, 0) is 30.5 Å². The maximum atomic E-state index is 12.3. The van der Waals surface area contributed by atoms with Crippen molar-refractivity contribution in [3.05, 3.63) is 35.5 Å². The molecule has 7 heteroatoms. The lowest BCUT2D eigenvalue weighted by molar-refractivity contribution is -0.113. The van der Waals surface area contributed by atoms with Crippen LogP contribution in [0.3, 0.4) is 0 Å².